The lowest BCUT2D eigenvalue weighted by molar-refractivity contribution is 0.0986. The zero-order valence-electron chi connectivity index (χ0n) is 18.1. The average Bonchev–Trinajstić information content (AvgIpc) is 3.35. The molecule has 33 heavy (non-hydrogen) atoms. The highest BCUT2D eigenvalue weighted by molar-refractivity contribution is 7.90. The number of nitrogens with zero attached hydrogens (tertiary/aromatic N) is 4. The average molecular weight is 483 g/mol. The number of hydrogen-bond acceptors (Lipinski definition) is 7. The number of Topliss-reactive ketones (excluding diaryl/α,β-unsaturated/α-hetero) is 1. The maximum absolute atomic E-state index is 12.9. The summed E-state index contributed by atoms with van der Waals surface area (Å²) >= 11 is 1.27. The molecule has 0 amide bonds. The molecule has 0 N–H and O–H groups in total. The van der Waals surface area contributed by atoms with Gasteiger partial charge in [0, 0.05) is 25.1 Å². The van der Waals surface area contributed by atoms with Crippen LogP contribution >= 0.6 is 11.3 Å². The van der Waals surface area contributed by atoms with E-state index in [-0.39, 0.29) is 22.9 Å². The Morgan fingerprint density at radius 2 is 1.88 bits per heavy atom. The van der Waals surface area contributed by atoms with Gasteiger partial charge in [-0.3, -0.25) is 9.78 Å². The summed E-state index contributed by atoms with van der Waals surface area (Å²) in [4.78, 5) is 30.6. The first-order valence-corrected chi connectivity index (χ1v) is 12.9. The second-order valence-electron chi connectivity index (χ2n) is 7.74. The Morgan fingerprint density at radius 3 is 2.55 bits per heavy atom. The molecule has 0 aliphatic heterocycles. The Labute approximate surface area is 195 Å². The number of carbonyl (C=O) groups is 1. The van der Waals surface area contributed by atoms with Crippen molar-refractivity contribution >= 4 is 27.0 Å². The Kier molecular flexibility index (Phi) is 6.39. The van der Waals surface area contributed by atoms with Crippen molar-refractivity contribution in [3.05, 3.63) is 93.2 Å². The van der Waals surface area contributed by atoms with Gasteiger partial charge in [-0.25, -0.2) is 22.5 Å². The zero-order valence-corrected chi connectivity index (χ0v) is 19.8. The Morgan fingerprint density at radius 1 is 1.12 bits per heavy atom. The molecule has 8 nitrogen and oxygen atoms in total. The topological polar surface area (TPSA) is 104 Å². The fourth-order valence-corrected chi connectivity index (χ4v) is 5.12. The molecule has 0 bridgehead atoms. The first-order chi connectivity index (χ1) is 15.7. The number of pyridine rings is 1. The predicted molar refractivity (Wildman–Crippen MR) is 126 cm³/mol. The smallest absolute Gasteiger partial charge is 0.293 e. The van der Waals surface area contributed by atoms with E-state index in [4.69, 9.17) is 0 Å². The van der Waals surface area contributed by atoms with Crippen LogP contribution in [0.3, 0.4) is 0 Å². The minimum atomic E-state index is -3.28. The number of aromatic nitrogens is 4. The molecular weight excluding hydrogens is 460 g/mol. The molecule has 0 saturated carbocycles. The minimum absolute atomic E-state index is 0.0269. The fourth-order valence-electron chi connectivity index (χ4n) is 3.39. The monoisotopic (exact) mass is 482 g/mol. The van der Waals surface area contributed by atoms with E-state index in [9.17, 15) is 18.0 Å². The van der Waals surface area contributed by atoms with Crippen LogP contribution in [0.4, 0.5) is 0 Å². The lowest BCUT2D eigenvalue weighted by Crippen LogP contribution is -2.23. The lowest BCUT2D eigenvalue weighted by Gasteiger charge is -2.02. The summed E-state index contributed by atoms with van der Waals surface area (Å²) in [6.45, 7) is 2.06. The van der Waals surface area contributed by atoms with E-state index in [1.165, 1.54) is 39.0 Å². The number of hydrogen-bond donors (Lipinski definition) is 0. The fraction of sp³-hybridized carbons (Fsp3) is 0.217. The maximum atomic E-state index is 12.9. The van der Waals surface area contributed by atoms with Gasteiger partial charge in [0.1, 0.15) is 11.3 Å². The second kappa shape index (κ2) is 9.24. The summed E-state index contributed by atoms with van der Waals surface area (Å²) in [7, 11) is -3.28. The van der Waals surface area contributed by atoms with Gasteiger partial charge in [0.15, 0.2) is 15.6 Å². The van der Waals surface area contributed by atoms with E-state index in [1.807, 2.05) is 25.1 Å². The van der Waals surface area contributed by atoms with Crippen LogP contribution in [0.15, 0.2) is 70.9 Å². The standard InChI is InChI=1S/C23H22N4O4S2/c1-16-12-21(32-22(16)20(28)10-7-17-4-3-11-24-13-17)26-15-25-27(23(26)29)14-18-5-8-19(9-6-18)33(2,30)31/h3-6,8-9,11-13,15H,7,10,14H2,1-2H3. The highest BCUT2D eigenvalue weighted by atomic mass is 32.2. The summed E-state index contributed by atoms with van der Waals surface area (Å²) in [6, 6.07) is 12.0. The van der Waals surface area contributed by atoms with Crippen LogP contribution < -0.4 is 5.69 Å². The van der Waals surface area contributed by atoms with E-state index in [0.717, 1.165) is 22.9 Å². The Balaban J connectivity index is 1.50. The first kappa shape index (κ1) is 22.8. The Bertz CT molecular complexity index is 1450. The molecular formula is C23H22N4O4S2. The molecule has 0 saturated heterocycles. The molecule has 170 valence electrons. The van der Waals surface area contributed by atoms with Gasteiger partial charge < -0.3 is 0 Å². The SMILES string of the molecule is Cc1cc(-n2cnn(Cc3ccc(S(C)(=O)=O)cc3)c2=O)sc1C(=O)CCc1cccnc1. The van der Waals surface area contributed by atoms with Gasteiger partial charge in [-0.2, -0.15) is 5.10 Å². The quantitative estimate of drug-likeness (QED) is 0.358. The summed E-state index contributed by atoms with van der Waals surface area (Å²) in [5.41, 5.74) is 2.24. The lowest BCUT2D eigenvalue weighted by atomic mass is 10.1. The van der Waals surface area contributed by atoms with Crippen LogP contribution in [0, 0.1) is 6.92 Å². The summed E-state index contributed by atoms with van der Waals surface area (Å²) in [5.74, 6) is 0.0269. The molecule has 1 aromatic carbocycles. The third kappa shape index (κ3) is 5.18. The number of benzene rings is 1. The van der Waals surface area contributed by atoms with Crippen LogP contribution in [0.1, 0.15) is 32.8 Å². The minimum Gasteiger partial charge on any atom is -0.293 e. The molecule has 0 atom stereocenters. The number of aryl methyl sites for hydroxylation is 2. The van der Waals surface area contributed by atoms with Crippen LogP contribution in [0.25, 0.3) is 5.00 Å². The van der Waals surface area contributed by atoms with Crippen LogP contribution in [0.5, 0.6) is 0 Å². The van der Waals surface area contributed by atoms with Gasteiger partial charge in [0.25, 0.3) is 0 Å². The summed E-state index contributed by atoms with van der Waals surface area (Å²) in [5, 5.41) is 4.81. The molecule has 3 aromatic heterocycles. The van der Waals surface area contributed by atoms with Crippen LogP contribution in [-0.2, 0) is 22.8 Å². The van der Waals surface area contributed by atoms with Gasteiger partial charge in [-0.15, -0.1) is 11.3 Å². The number of thiophene rings is 1. The molecule has 4 rings (SSSR count). The molecule has 3 heterocycles. The summed E-state index contributed by atoms with van der Waals surface area (Å²) < 4.78 is 25.9. The summed E-state index contributed by atoms with van der Waals surface area (Å²) in [6.07, 6.45) is 7.00. The highest BCUT2D eigenvalue weighted by Gasteiger charge is 2.17. The molecule has 0 fully saturated rings. The third-order valence-corrected chi connectivity index (χ3v) is 7.58. The van der Waals surface area contributed by atoms with Crippen molar-refractivity contribution in [2.75, 3.05) is 6.26 Å². The first-order valence-electron chi connectivity index (χ1n) is 10.2. The van der Waals surface area contributed by atoms with Crippen molar-refractivity contribution in [1.82, 2.24) is 19.3 Å². The predicted octanol–water partition coefficient (Wildman–Crippen LogP) is 3.07. The second-order valence-corrected chi connectivity index (χ2v) is 10.8. The molecule has 0 spiro atoms. The van der Waals surface area contributed by atoms with Crippen molar-refractivity contribution in [1.29, 1.82) is 0 Å². The zero-order chi connectivity index (χ0) is 23.6. The largest absolute Gasteiger partial charge is 0.351 e. The van der Waals surface area contributed by atoms with Gasteiger partial charge >= 0.3 is 5.69 Å². The van der Waals surface area contributed by atoms with Crippen LogP contribution in [0.2, 0.25) is 0 Å². The van der Waals surface area contributed by atoms with E-state index in [0.29, 0.717) is 22.7 Å². The van der Waals surface area contributed by atoms with Crippen molar-refractivity contribution < 1.29 is 13.2 Å². The molecule has 4 aromatic rings. The molecule has 10 heteroatoms. The van der Waals surface area contributed by atoms with Gasteiger partial charge in [-0.1, -0.05) is 18.2 Å². The van der Waals surface area contributed by atoms with Crippen LogP contribution in [-0.4, -0.2) is 39.8 Å². The molecule has 0 aliphatic carbocycles. The van der Waals surface area contributed by atoms with E-state index < -0.39 is 9.84 Å². The van der Waals surface area contributed by atoms with Gasteiger partial charge in [0.2, 0.25) is 0 Å². The maximum Gasteiger partial charge on any atom is 0.351 e. The van der Waals surface area contributed by atoms with Crippen molar-refractivity contribution in [3.63, 3.8) is 0 Å². The molecule has 0 unspecified atom stereocenters. The molecule has 0 radical (unpaired) electrons. The van der Waals surface area contributed by atoms with E-state index >= 15 is 0 Å². The van der Waals surface area contributed by atoms with Crippen molar-refractivity contribution in [2.24, 2.45) is 0 Å². The van der Waals surface area contributed by atoms with Crippen molar-refractivity contribution in [2.45, 2.75) is 31.2 Å². The normalized spacial score (nSPS) is 11.6. The Hall–Kier alpha value is -3.37. The van der Waals surface area contributed by atoms with Crippen molar-refractivity contribution in [3.8, 4) is 5.00 Å². The molecule has 0 aliphatic rings. The van der Waals surface area contributed by atoms with E-state index in [1.54, 1.807) is 24.5 Å². The van der Waals surface area contributed by atoms with Gasteiger partial charge in [-0.05, 0) is 54.3 Å². The number of carbonyl (C=O) groups excluding carboxylic acids is 1. The number of ketones is 1. The highest BCUT2D eigenvalue weighted by Crippen LogP contribution is 2.26. The third-order valence-electron chi connectivity index (χ3n) is 5.18. The number of rotatable bonds is 8. The van der Waals surface area contributed by atoms with Gasteiger partial charge in [0.05, 0.1) is 16.3 Å². The number of sulfone groups is 1. The van der Waals surface area contributed by atoms with E-state index in [2.05, 4.69) is 10.1 Å².